The van der Waals surface area contributed by atoms with Gasteiger partial charge in [0.1, 0.15) is 6.10 Å². The van der Waals surface area contributed by atoms with Gasteiger partial charge in [0.2, 0.25) is 0 Å². The molecule has 1 fully saturated rings. The van der Waals surface area contributed by atoms with Crippen LogP contribution in [0.4, 0.5) is 0 Å². The van der Waals surface area contributed by atoms with Crippen LogP contribution in [0.5, 0.6) is 0 Å². The predicted octanol–water partition coefficient (Wildman–Crippen LogP) is 2.99. The Balaban J connectivity index is 2.11. The van der Waals surface area contributed by atoms with E-state index < -0.39 is 0 Å². The van der Waals surface area contributed by atoms with E-state index in [1.54, 1.807) is 0 Å². The molecule has 1 saturated heterocycles. The molecule has 1 heterocycles. The lowest BCUT2D eigenvalue weighted by molar-refractivity contribution is -0.00834. The van der Waals surface area contributed by atoms with E-state index in [-0.39, 0.29) is 6.10 Å². The van der Waals surface area contributed by atoms with E-state index in [1.165, 1.54) is 11.1 Å². The molecule has 122 valence electrons. The Bertz CT molecular complexity index is 499. The lowest BCUT2D eigenvalue weighted by Gasteiger charge is -2.36. The van der Waals surface area contributed by atoms with Gasteiger partial charge in [-0.1, -0.05) is 38.1 Å². The Morgan fingerprint density at radius 2 is 2.18 bits per heavy atom. The summed E-state index contributed by atoms with van der Waals surface area (Å²) >= 11 is 0. The number of rotatable bonds is 4. The summed E-state index contributed by atoms with van der Waals surface area (Å²) in [4.78, 5) is 7.09. The van der Waals surface area contributed by atoms with E-state index in [4.69, 9.17) is 9.73 Å². The molecule has 2 rings (SSSR count). The van der Waals surface area contributed by atoms with Crippen LogP contribution in [-0.2, 0) is 4.74 Å². The van der Waals surface area contributed by atoms with Crippen LogP contribution in [0, 0.1) is 12.8 Å². The molecule has 0 spiro atoms. The lowest BCUT2D eigenvalue weighted by atomic mass is 10.0. The molecule has 0 radical (unpaired) electrons. The average molecular weight is 303 g/mol. The molecule has 1 atom stereocenters. The summed E-state index contributed by atoms with van der Waals surface area (Å²) in [5, 5.41) is 3.41. The van der Waals surface area contributed by atoms with Crippen molar-refractivity contribution in [1.29, 1.82) is 0 Å². The van der Waals surface area contributed by atoms with Crippen molar-refractivity contribution in [3.8, 4) is 0 Å². The number of nitrogens with zero attached hydrogens (tertiary/aromatic N) is 2. The van der Waals surface area contributed by atoms with E-state index in [2.05, 4.69) is 62.2 Å². The predicted molar refractivity (Wildman–Crippen MR) is 92.3 cm³/mol. The molecule has 0 aromatic heterocycles. The van der Waals surface area contributed by atoms with Crippen molar-refractivity contribution in [2.45, 2.75) is 33.8 Å². The second-order valence-electron chi connectivity index (χ2n) is 6.25. The van der Waals surface area contributed by atoms with Gasteiger partial charge in [-0.15, -0.1) is 0 Å². The van der Waals surface area contributed by atoms with Gasteiger partial charge in [-0.3, -0.25) is 4.99 Å². The summed E-state index contributed by atoms with van der Waals surface area (Å²) in [6, 6.07) is 8.48. The second kappa shape index (κ2) is 8.18. The fraction of sp³-hybridized carbons (Fsp3) is 0.611. The van der Waals surface area contributed by atoms with Gasteiger partial charge in [0, 0.05) is 19.6 Å². The molecule has 22 heavy (non-hydrogen) atoms. The number of aryl methyl sites for hydroxylation is 1. The number of guanidine groups is 1. The van der Waals surface area contributed by atoms with Crippen molar-refractivity contribution >= 4 is 5.96 Å². The second-order valence-corrected chi connectivity index (χ2v) is 6.25. The first-order valence-electron chi connectivity index (χ1n) is 8.32. The monoisotopic (exact) mass is 303 g/mol. The Kier molecular flexibility index (Phi) is 6.25. The Labute approximate surface area is 134 Å². The van der Waals surface area contributed by atoms with Gasteiger partial charge in [0.15, 0.2) is 5.96 Å². The highest BCUT2D eigenvalue weighted by molar-refractivity contribution is 5.80. The first-order valence-corrected chi connectivity index (χ1v) is 8.32. The highest BCUT2D eigenvalue weighted by Gasteiger charge is 2.25. The molecule has 1 aliphatic rings. The van der Waals surface area contributed by atoms with Gasteiger partial charge in [0.05, 0.1) is 13.2 Å². The SMILES string of the molecule is CCNC(=NCC(C)C)N1CCOC(c2ccccc2C)C1. The van der Waals surface area contributed by atoms with Gasteiger partial charge >= 0.3 is 0 Å². The van der Waals surface area contributed by atoms with E-state index >= 15 is 0 Å². The summed E-state index contributed by atoms with van der Waals surface area (Å²) < 4.78 is 6.00. The lowest BCUT2D eigenvalue weighted by Crippen LogP contribution is -2.48. The molecule has 1 aromatic carbocycles. The Hall–Kier alpha value is -1.55. The van der Waals surface area contributed by atoms with Crippen LogP contribution in [0.2, 0.25) is 0 Å². The van der Waals surface area contributed by atoms with Crippen molar-refractivity contribution in [2.24, 2.45) is 10.9 Å². The summed E-state index contributed by atoms with van der Waals surface area (Å²) in [6.45, 7) is 12.9. The highest BCUT2D eigenvalue weighted by Crippen LogP contribution is 2.24. The van der Waals surface area contributed by atoms with Gasteiger partial charge in [-0.2, -0.15) is 0 Å². The number of hydrogen-bond donors (Lipinski definition) is 1. The van der Waals surface area contributed by atoms with E-state index in [1.807, 2.05) is 0 Å². The molecular weight excluding hydrogens is 274 g/mol. The van der Waals surface area contributed by atoms with Gasteiger partial charge < -0.3 is 15.0 Å². The molecule has 1 aromatic rings. The first kappa shape index (κ1) is 16.8. The van der Waals surface area contributed by atoms with Crippen molar-refractivity contribution in [3.63, 3.8) is 0 Å². The molecule has 4 heteroatoms. The first-order chi connectivity index (χ1) is 10.6. The topological polar surface area (TPSA) is 36.9 Å². The number of benzene rings is 1. The standard InChI is InChI=1S/C18H29N3O/c1-5-19-18(20-12-14(2)3)21-10-11-22-17(13-21)16-9-7-6-8-15(16)4/h6-9,14,17H,5,10-13H2,1-4H3,(H,19,20). The Morgan fingerprint density at radius 3 is 2.86 bits per heavy atom. The number of nitrogens with one attached hydrogen (secondary N) is 1. The van der Waals surface area contributed by atoms with Crippen LogP contribution in [0.15, 0.2) is 29.3 Å². The summed E-state index contributed by atoms with van der Waals surface area (Å²) in [5.74, 6) is 1.58. The van der Waals surface area contributed by atoms with Gasteiger partial charge in [0.25, 0.3) is 0 Å². The van der Waals surface area contributed by atoms with E-state index in [9.17, 15) is 0 Å². The van der Waals surface area contributed by atoms with Crippen LogP contribution < -0.4 is 5.32 Å². The maximum atomic E-state index is 6.00. The van der Waals surface area contributed by atoms with Crippen molar-refractivity contribution in [1.82, 2.24) is 10.2 Å². The van der Waals surface area contributed by atoms with Crippen LogP contribution in [-0.4, -0.2) is 43.6 Å². The summed E-state index contributed by atoms with van der Waals surface area (Å²) in [5.41, 5.74) is 2.57. The maximum absolute atomic E-state index is 6.00. The molecule has 1 N–H and O–H groups in total. The summed E-state index contributed by atoms with van der Waals surface area (Å²) in [7, 11) is 0. The average Bonchev–Trinajstić information content (AvgIpc) is 2.52. The molecular formula is C18H29N3O. The zero-order valence-electron chi connectivity index (χ0n) is 14.3. The third-order valence-corrected chi connectivity index (χ3v) is 3.84. The van der Waals surface area contributed by atoms with Crippen molar-refractivity contribution in [2.75, 3.05) is 32.8 Å². The largest absolute Gasteiger partial charge is 0.370 e. The van der Waals surface area contributed by atoms with Crippen molar-refractivity contribution in [3.05, 3.63) is 35.4 Å². The van der Waals surface area contributed by atoms with Gasteiger partial charge in [-0.25, -0.2) is 0 Å². The van der Waals surface area contributed by atoms with Crippen LogP contribution in [0.1, 0.15) is 38.0 Å². The molecule has 0 amide bonds. The molecule has 1 aliphatic heterocycles. The molecule has 0 saturated carbocycles. The minimum absolute atomic E-state index is 0.123. The normalized spacial score (nSPS) is 19.6. The van der Waals surface area contributed by atoms with Gasteiger partial charge in [-0.05, 0) is 30.9 Å². The molecule has 4 nitrogen and oxygen atoms in total. The molecule has 0 aliphatic carbocycles. The zero-order valence-corrected chi connectivity index (χ0v) is 14.3. The minimum Gasteiger partial charge on any atom is -0.370 e. The van der Waals surface area contributed by atoms with Crippen molar-refractivity contribution < 1.29 is 4.74 Å². The molecule has 1 unspecified atom stereocenters. The molecule has 0 bridgehead atoms. The third kappa shape index (κ3) is 4.47. The number of morpholine rings is 1. The van der Waals surface area contributed by atoms with Crippen LogP contribution in [0.3, 0.4) is 0 Å². The third-order valence-electron chi connectivity index (χ3n) is 3.84. The number of aliphatic imine (C=N–C) groups is 1. The fourth-order valence-corrected chi connectivity index (χ4v) is 2.67. The Morgan fingerprint density at radius 1 is 1.41 bits per heavy atom. The van der Waals surface area contributed by atoms with E-state index in [0.717, 1.165) is 38.7 Å². The maximum Gasteiger partial charge on any atom is 0.194 e. The smallest absolute Gasteiger partial charge is 0.194 e. The quantitative estimate of drug-likeness (QED) is 0.686. The number of ether oxygens (including phenoxy) is 1. The number of hydrogen-bond acceptors (Lipinski definition) is 2. The fourth-order valence-electron chi connectivity index (χ4n) is 2.67. The summed E-state index contributed by atoms with van der Waals surface area (Å²) in [6.07, 6.45) is 0.123. The van der Waals surface area contributed by atoms with Crippen LogP contribution >= 0.6 is 0 Å². The minimum atomic E-state index is 0.123. The highest BCUT2D eigenvalue weighted by atomic mass is 16.5. The van der Waals surface area contributed by atoms with Crippen LogP contribution in [0.25, 0.3) is 0 Å². The van der Waals surface area contributed by atoms with E-state index in [0.29, 0.717) is 5.92 Å². The zero-order chi connectivity index (χ0) is 15.9.